The first kappa shape index (κ1) is 22.1. The molecule has 3 rings (SSSR count). The highest BCUT2D eigenvalue weighted by molar-refractivity contribution is 7.89. The first-order valence-corrected chi connectivity index (χ1v) is 11.3. The molecule has 0 amide bonds. The molecule has 1 aliphatic heterocycles. The molecule has 0 bridgehead atoms. The van der Waals surface area contributed by atoms with Gasteiger partial charge in [-0.1, -0.05) is 36.4 Å². The zero-order valence-electron chi connectivity index (χ0n) is 16.6. The molecule has 0 unspecified atom stereocenters. The van der Waals surface area contributed by atoms with E-state index in [0.717, 1.165) is 11.1 Å². The first-order valence-electron chi connectivity index (χ1n) is 9.46. The second kappa shape index (κ2) is 10.4. The molecule has 0 aromatic heterocycles. The maximum atomic E-state index is 12.6. The van der Waals surface area contributed by atoms with Crippen LogP contribution in [0.1, 0.15) is 12.5 Å². The Morgan fingerprint density at radius 2 is 1.77 bits per heavy atom. The van der Waals surface area contributed by atoms with Crippen LogP contribution in [0.25, 0.3) is 6.08 Å². The molecule has 1 heterocycles. The minimum Gasteiger partial charge on any atom is -0.379 e. The SMILES string of the molecule is CC(/C=N\NC(=S)Nc1ccc(S(=O)(=O)N2CCOCC2)cc1)=C/c1ccccc1. The number of ether oxygens (including phenoxy) is 1. The molecule has 2 N–H and O–H groups in total. The van der Waals surface area contributed by atoms with Crippen molar-refractivity contribution in [3.63, 3.8) is 0 Å². The van der Waals surface area contributed by atoms with Gasteiger partial charge in [-0.25, -0.2) is 8.42 Å². The van der Waals surface area contributed by atoms with Gasteiger partial charge in [0.1, 0.15) is 0 Å². The van der Waals surface area contributed by atoms with E-state index in [-0.39, 0.29) is 4.90 Å². The summed E-state index contributed by atoms with van der Waals surface area (Å²) in [5.41, 5.74) is 5.48. The van der Waals surface area contributed by atoms with Crippen LogP contribution >= 0.6 is 12.2 Å². The van der Waals surface area contributed by atoms with Crippen molar-refractivity contribution in [1.29, 1.82) is 0 Å². The topological polar surface area (TPSA) is 83.0 Å². The Morgan fingerprint density at radius 1 is 1.10 bits per heavy atom. The van der Waals surface area contributed by atoms with E-state index in [1.807, 2.05) is 43.3 Å². The summed E-state index contributed by atoms with van der Waals surface area (Å²) in [5, 5.41) is 7.41. The van der Waals surface area contributed by atoms with Crippen LogP contribution in [0.15, 0.2) is 70.2 Å². The van der Waals surface area contributed by atoms with Crippen LogP contribution in [0.4, 0.5) is 5.69 Å². The predicted octanol–water partition coefficient (Wildman–Crippen LogP) is 3.08. The lowest BCUT2D eigenvalue weighted by atomic mass is 10.1. The lowest BCUT2D eigenvalue weighted by Crippen LogP contribution is -2.40. The number of sulfonamides is 1. The average Bonchev–Trinajstić information content (AvgIpc) is 2.75. The standard InChI is InChI=1S/C21H24N4O3S2/c1-17(15-18-5-3-2-4-6-18)16-22-24-21(29)23-19-7-9-20(10-8-19)30(26,27)25-11-13-28-14-12-25/h2-10,15-16H,11-14H2,1H3,(H2,23,24,29)/b17-15-,22-16-. The first-order chi connectivity index (χ1) is 14.4. The van der Waals surface area contributed by atoms with Crippen LogP contribution in [0.5, 0.6) is 0 Å². The molecule has 1 aliphatic rings. The number of allylic oxidation sites excluding steroid dienone is 1. The van der Waals surface area contributed by atoms with Crippen LogP contribution in [-0.2, 0) is 14.8 Å². The fourth-order valence-electron chi connectivity index (χ4n) is 2.85. The number of rotatable bonds is 6. The quantitative estimate of drug-likeness (QED) is 0.405. The fourth-order valence-corrected chi connectivity index (χ4v) is 4.43. The summed E-state index contributed by atoms with van der Waals surface area (Å²) in [6.45, 7) is 3.51. The molecular formula is C21H24N4O3S2. The number of hydrogen-bond acceptors (Lipinski definition) is 5. The molecule has 158 valence electrons. The van der Waals surface area contributed by atoms with Gasteiger partial charge in [-0.2, -0.15) is 9.41 Å². The molecule has 0 atom stereocenters. The molecule has 0 aliphatic carbocycles. The van der Waals surface area contributed by atoms with Gasteiger partial charge in [-0.3, -0.25) is 5.43 Å². The third kappa shape index (κ3) is 6.20. The summed E-state index contributed by atoms with van der Waals surface area (Å²) in [6.07, 6.45) is 3.69. The third-order valence-corrected chi connectivity index (χ3v) is 6.45. The predicted molar refractivity (Wildman–Crippen MR) is 124 cm³/mol. The van der Waals surface area contributed by atoms with E-state index < -0.39 is 10.0 Å². The van der Waals surface area contributed by atoms with Crippen molar-refractivity contribution in [1.82, 2.24) is 9.73 Å². The largest absolute Gasteiger partial charge is 0.379 e. The number of thiocarbonyl (C=S) groups is 1. The number of nitrogens with zero attached hydrogens (tertiary/aromatic N) is 2. The Morgan fingerprint density at radius 3 is 2.43 bits per heavy atom. The van der Waals surface area contributed by atoms with E-state index in [0.29, 0.717) is 37.1 Å². The Kier molecular flexibility index (Phi) is 7.69. The lowest BCUT2D eigenvalue weighted by molar-refractivity contribution is 0.0730. The van der Waals surface area contributed by atoms with Crippen molar-refractivity contribution in [2.75, 3.05) is 31.6 Å². The van der Waals surface area contributed by atoms with Gasteiger partial charge in [0.15, 0.2) is 5.11 Å². The molecule has 1 saturated heterocycles. The van der Waals surface area contributed by atoms with Gasteiger partial charge in [-0.05, 0) is 54.5 Å². The zero-order valence-corrected chi connectivity index (χ0v) is 18.2. The molecule has 7 nitrogen and oxygen atoms in total. The van der Waals surface area contributed by atoms with E-state index >= 15 is 0 Å². The summed E-state index contributed by atoms with van der Waals surface area (Å²) >= 11 is 5.23. The maximum Gasteiger partial charge on any atom is 0.243 e. The number of hydrogen-bond donors (Lipinski definition) is 2. The van der Waals surface area contributed by atoms with Gasteiger partial charge < -0.3 is 10.1 Å². The fraction of sp³-hybridized carbons (Fsp3) is 0.238. The third-order valence-electron chi connectivity index (χ3n) is 4.35. The van der Waals surface area contributed by atoms with Crippen LogP contribution in [0, 0.1) is 0 Å². The highest BCUT2D eigenvalue weighted by Crippen LogP contribution is 2.19. The molecule has 9 heteroatoms. The molecular weight excluding hydrogens is 420 g/mol. The minimum atomic E-state index is -3.51. The van der Waals surface area contributed by atoms with Gasteiger partial charge in [0, 0.05) is 18.8 Å². The number of nitrogens with one attached hydrogen (secondary N) is 2. The van der Waals surface area contributed by atoms with E-state index in [2.05, 4.69) is 15.8 Å². The van der Waals surface area contributed by atoms with E-state index in [1.54, 1.807) is 30.5 Å². The van der Waals surface area contributed by atoms with Crippen molar-refractivity contribution >= 4 is 45.3 Å². The van der Waals surface area contributed by atoms with Crippen molar-refractivity contribution in [2.24, 2.45) is 5.10 Å². The second-order valence-corrected chi connectivity index (χ2v) is 9.01. The molecule has 2 aromatic rings. The Hall–Kier alpha value is -2.59. The number of morpholine rings is 1. The van der Waals surface area contributed by atoms with Crippen molar-refractivity contribution in [3.8, 4) is 0 Å². The van der Waals surface area contributed by atoms with Gasteiger partial charge >= 0.3 is 0 Å². The Labute approximate surface area is 182 Å². The molecule has 0 spiro atoms. The van der Waals surface area contributed by atoms with Gasteiger partial charge in [-0.15, -0.1) is 0 Å². The smallest absolute Gasteiger partial charge is 0.243 e. The second-order valence-electron chi connectivity index (χ2n) is 6.66. The van der Waals surface area contributed by atoms with E-state index in [1.165, 1.54) is 4.31 Å². The van der Waals surface area contributed by atoms with Gasteiger partial charge in [0.25, 0.3) is 0 Å². The van der Waals surface area contributed by atoms with E-state index in [4.69, 9.17) is 17.0 Å². The van der Waals surface area contributed by atoms with Gasteiger partial charge in [0.05, 0.1) is 24.3 Å². The highest BCUT2D eigenvalue weighted by Gasteiger charge is 2.26. The summed E-state index contributed by atoms with van der Waals surface area (Å²) in [5.74, 6) is 0. The van der Waals surface area contributed by atoms with Crippen LogP contribution in [-0.4, -0.2) is 50.4 Å². The molecule has 0 saturated carbocycles. The maximum absolute atomic E-state index is 12.6. The number of anilines is 1. The molecule has 1 fully saturated rings. The molecule has 0 radical (unpaired) electrons. The van der Waals surface area contributed by atoms with Crippen molar-refractivity contribution in [2.45, 2.75) is 11.8 Å². The highest BCUT2D eigenvalue weighted by atomic mass is 32.2. The normalized spacial score (nSPS) is 15.8. The minimum absolute atomic E-state index is 0.244. The average molecular weight is 445 g/mol. The summed E-state index contributed by atoms with van der Waals surface area (Å²) in [4.78, 5) is 0.244. The van der Waals surface area contributed by atoms with Crippen molar-refractivity contribution in [3.05, 3.63) is 65.7 Å². The number of hydrazone groups is 1. The van der Waals surface area contributed by atoms with Gasteiger partial charge in [0.2, 0.25) is 10.0 Å². The van der Waals surface area contributed by atoms with E-state index in [9.17, 15) is 8.42 Å². The lowest BCUT2D eigenvalue weighted by Gasteiger charge is -2.26. The Bertz CT molecular complexity index is 1010. The number of benzene rings is 2. The summed E-state index contributed by atoms with van der Waals surface area (Å²) in [6, 6.07) is 16.4. The summed E-state index contributed by atoms with van der Waals surface area (Å²) < 4.78 is 31.9. The van der Waals surface area contributed by atoms with Crippen LogP contribution < -0.4 is 10.7 Å². The zero-order chi connectivity index (χ0) is 21.4. The molecule has 2 aromatic carbocycles. The van der Waals surface area contributed by atoms with Crippen molar-refractivity contribution < 1.29 is 13.2 Å². The summed E-state index contributed by atoms with van der Waals surface area (Å²) in [7, 11) is -3.51. The molecule has 30 heavy (non-hydrogen) atoms. The monoisotopic (exact) mass is 444 g/mol. The Balaban J connectivity index is 1.53. The van der Waals surface area contributed by atoms with Crippen LogP contribution in [0.3, 0.4) is 0 Å². The van der Waals surface area contributed by atoms with Crippen LogP contribution in [0.2, 0.25) is 0 Å².